The van der Waals surface area contributed by atoms with Gasteiger partial charge in [0.1, 0.15) is 0 Å². The average Bonchev–Trinajstić information content (AvgIpc) is 2.40. The highest BCUT2D eigenvalue weighted by atomic mass is 35.5. The Morgan fingerprint density at radius 2 is 2.12 bits per heavy atom. The summed E-state index contributed by atoms with van der Waals surface area (Å²) in [4.78, 5) is 0. The van der Waals surface area contributed by atoms with Crippen LogP contribution in [-0.4, -0.2) is 6.54 Å². The van der Waals surface area contributed by atoms with E-state index in [9.17, 15) is 0 Å². The molecule has 1 N–H and O–H groups in total. The predicted molar refractivity (Wildman–Crippen MR) is 75.0 cm³/mol. The fraction of sp³-hybridized carbons (Fsp3) is 0.571. The monoisotopic (exact) mass is 271 g/mol. The molecule has 0 saturated carbocycles. The van der Waals surface area contributed by atoms with Gasteiger partial charge in [0, 0.05) is 16.1 Å². The van der Waals surface area contributed by atoms with Gasteiger partial charge in [0.2, 0.25) is 0 Å². The predicted octanol–water partition coefficient (Wildman–Crippen LogP) is 4.62. The van der Waals surface area contributed by atoms with Crippen molar-refractivity contribution in [3.8, 4) is 0 Å². The third kappa shape index (κ3) is 2.96. The first-order valence-electron chi connectivity index (χ1n) is 6.33. The lowest BCUT2D eigenvalue weighted by molar-refractivity contribution is 0.415. The molecule has 0 amide bonds. The summed E-state index contributed by atoms with van der Waals surface area (Å²) in [6.07, 6.45) is 3.43. The van der Waals surface area contributed by atoms with E-state index in [0.29, 0.717) is 6.04 Å². The molecule has 1 aromatic carbocycles. The van der Waals surface area contributed by atoms with Crippen molar-refractivity contribution in [1.82, 2.24) is 5.32 Å². The molecule has 94 valence electrons. The number of nitrogens with one attached hydrogen (secondary N) is 1. The van der Waals surface area contributed by atoms with Crippen LogP contribution in [0.25, 0.3) is 0 Å². The van der Waals surface area contributed by atoms with Crippen LogP contribution in [0.15, 0.2) is 12.1 Å². The van der Waals surface area contributed by atoms with Crippen molar-refractivity contribution in [3.63, 3.8) is 0 Å². The third-order valence-corrected chi connectivity index (χ3v) is 4.10. The summed E-state index contributed by atoms with van der Waals surface area (Å²) in [5.74, 6) is 0.723. The molecule has 0 radical (unpaired) electrons. The number of fused-ring (bicyclic) bond motifs is 1. The highest BCUT2D eigenvalue weighted by Crippen LogP contribution is 2.37. The van der Waals surface area contributed by atoms with Gasteiger partial charge in [-0.3, -0.25) is 0 Å². The summed E-state index contributed by atoms with van der Waals surface area (Å²) in [5.41, 5.74) is 2.58. The van der Waals surface area contributed by atoms with Crippen LogP contribution >= 0.6 is 23.2 Å². The van der Waals surface area contributed by atoms with Crippen molar-refractivity contribution in [1.29, 1.82) is 0 Å². The Morgan fingerprint density at radius 3 is 2.82 bits per heavy atom. The molecule has 0 spiro atoms. The van der Waals surface area contributed by atoms with Crippen LogP contribution in [0.3, 0.4) is 0 Å². The van der Waals surface area contributed by atoms with E-state index in [1.807, 2.05) is 6.07 Å². The molecule has 1 aliphatic rings. The van der Waals surface area contributed by atoms with E-state index in [4.69, 9.17) is 23.2 Å². The van der Waals surface area contributed by atoms with Crippen LogP contribution in [0.1, 0.15) is 43.9 Å². The second kappa shape index (κ2) is 5.60. The van der Waals surface area contributed by atoms with Crippen LogP contribution < -0.4 is 5.32 Å². The van der Waals surface area contributed by atoms with E-state index in [0.717, 1.165) is 35.3 Å². The molecule has 1 aromatic rings. The van der Waals surface area contributed by atoms with Crippen LogP contribution in [0.4, 0.5) is 0 Å². The van der Waals surface area contributed by atoms with Crippen LogP contribution in [-0.2, 0) is 6.42 Å². The van der Waals surface area contributed by atoms with Crippen molar-refractivity contribution in [2.75, 3.05) is 6.54 Å². The van der Waals surface area contributed by atoms with Crippen molar-refractivity contribution in [2.24, 2.45) is 5.92 Å². The first-order chi connectivity index (χ1) is 8.11. The maximum atomic E-state index is 6.32. The summed E-state index contributed by atoms with van der Waals surface area (Å²) in [6, 6.07) is 4.33. The molecule has 0 bridgehead atoms. The molecule has 0 heterocycles. The smallest absolute Gasteiger partial charge is 0.0456 e. The standard InChI is InChI=1S/C14H19Cl2N/c1-3-17-14-6-9(2)4-5-11-12(14)7-10(15)8-13(11)16/h7-9,14,17H,3-6H2,1-2H3. The van der Waals surface area contributed by atoms with Gasteiger partial charge in [-0.25, -0.2) is 0 Å². The van der Waals surface area contributed by atoms with Gasteiger partial charge >= 0.3 is 0 Å². The summed E-state index contributed by atoms with van der Waals surface area (Å²) in [6.45, 7) is 5.42. The van der Waals surface area contributed by atoms with Crippen LogP contribution in [0, 0.1) is 5.92 Å². The van der Waals surface area contributed by atoms with E-state index < -0.39 is 0 Å². The summed E-state index contributed by atoms with van der Waals surface area (Å²) < 4.78 is 0. The van der Waals surface area contributed by atoms with Crippen molar-refractivity contribution in [3.05, 3.63) is 33.3 Å². The van der Waals surface area contributed by atoms with Gasteiger partial charge in [-0.1, -0.05) is 37.0 Å². The van der Waals surface area contributed by atoms with E-state index in [1.165, 1.54) is 17.5 Å². The molecule has 0 saturated heterocycles. The summed E-state index contributed by atoms with van der Waals surface area (Å²) in [5, 5.41) is 5.11. The zero-order valence-corrected chi connectivity index (χ0v) is 11.9. The first-order valence-corrected chi connectivity index (χ1v) is 7.08. The SMILES string of the molecule is CCNC1CC(C)CCc2c(Cl)cc(Cl)cc21. The van der Waals surface area contributed by atoms with Gasteiger partial charge < -0.3 is 5.32 Å². The molecule has 0 fully saturated rings. The summed E-state index contributed by atoms with van der Waals surface area (Å²) in [7, 11) is 0. The molecule has 1 aliphatic carbocycles. The molecule has 2 unspecified atom stereocenters. The van der Waals surface area contributed by atoms with Crippen LogP contribution in [0.2, 0.25) is 10.0 Å². The minimum Gasteiger partial charge on any atom is -0.310 e. The number of hydrogen-bond acceptors (Lipinski definition) is 1. The van der Waals surface area contributed by atoms with E-state index in [-0.39, 0.29) is 0 Å². The Balaban J connectivity index is 2.43. The molecule has 0 aromatic heterocycles. The van der Waals surface area contributed by atoms with Gasteiger partial charge in [0.15, 0.2) is 0 Å². The lowest BCUT2D eigenvalue weighted by Gasteiger charge is -2.21. The number of halogens is 2. The van der Waals surface area contributed by atoms with Crippen molar-refractivity contribution in [2.45, 2.75) is 39.2 Å². The fourth-order valence-electron chi connectivity index (χ4n) is 2.68. The maximum Gasteiger partial charge on any atom is 0.0456 e. The Bertz CT molecular complexity index is 403. The quantitative estimate of drug-likeness (QED) is 0.775. The number of hydrogen-bond donors (Lipinski definition) is 1. The Labute approximate surface area is 114 Å². The van der Waals surface area contributed by atoms with E-state index >= 15 is 0 Å². The first kappa shape index (κ1) is 13.2. The molecular formula is C14H19Cl2N. The normalized spacial score (nSPS) is 24.2. The van der Waals surface area contributed by atoms with Crippen LogP contribution in [0.5, 0.6) is 0 Å². The van der Waals surface area contributed by atoms with Crippen molar-refractivity contribution < 1.29 is 0 Å². The average molecular weight is 272 g/mol. The minimum atomic E-state index is 0.392. The lowest BCUT2D eigenvalue weighted by atomic mass is 9.97. The maximum absolute atomic E-state index is 6.32. The molecule has 1 nitrogen and oxygen atoms in total. The molecule has 2 atom stereocenters. The third-order valence-electron chi connectivity index (χ3n) is 3.55. The highest BCUT2D eigenvalue weighted by molar-refractivity contribution is 6.35. The van der Waals surface area contributed by atoms with E-state index in [2.05, 4.69) is 25.2 Å². The molecule has 3 heteroatoms. The topological polar surface area (TPSA) is 12.0 Å². The molecule has 0 aliphatic heterocycles. The second-order valence-corrected chi connectivity index (χ2v) is 5.79. The highest BCUT2D eigenvalue weighted by Gasteiger charge is 2.23. The Kier molecular flexibility index (Phi) is 4.35. The molecular weight excluding hydrogens is 253 g/mol. The zero-order chi connectivity index (χ0) is 12.4. The Morgan fingerprint density at radius 1 is 1.35 bits per heavy atom. The van der Waals surface area contributed by atoms with Gasteiger partial charge in [-0.15, -0.1) is 0 Å². The minimum absolute atomic E-state index is 0.392. The largest absolute Gasteiger partial charge is 0.310 e. The van der Waals surface area contributed by atoms with Crippen molar-refractivity contribution >= 4 is 23.2 Å². The van der Waals surface area contributed by atoms with E-state index in [1.54, 1.807) is 0 Å². The molecule has 2 rings (SSSR count). The van der Waals surface area contributed by atoms with Gasteiger partial charge in [-0.2, -0.15) is 0 Å². The second-order valence-electron chi connectivity index (χ2n) is 4.95. The molecule has 17 heavy (non-hydrogen) atoms. The number of rotatable bonds is 2. The summed E-state index contributed by atoms with van der Waals surface area (Å²) >= 11 is 12.4. The van der Waals surface area contributed by atoms with Gasteiger partial charge in [0.05, 0.1) is 0 Å². The Hall–Kier alpha value is -0.240. The number of benzene rings is 1. The lowest BCUT2D eigenvalue weighted by Crippen LogP contribution is -2.22. The van der Waals surface area contributed by atoms with Gasteiger partial charge in [0.25, 0.3) is 0 Å². The zero-order valence-electron chi connectivity index (χ0n) is 10.4. The fourth-order valence-corrected chi connectivity index (χ4v) is 3.28. The van der Waals surface area contributed by atoms with Gasteiger partial charge in [-0.05, 0) is 55.0 Å².